The lowest BCUT2D eigenvalue weighted by molar-refractivity contribution is -0.121. The van der Waals surface area contributed by atoms with Crippen LogP contribution in [0.3, 0.4) is 0 Å². The third-order valence-corrected chi connectivity index (χ3v) is 3.97. The number of Topliss-reactive ketones (excluding diaryl/α,β-unsaturated/α-hetero) is 1. The summed E-state index contributed by atoms with van der Waals surface area (Å²) in [5.41, 5.74) is 1.32. The summed E-state index contributed by atoms with van der Waals surface area (Å²) >= 11 is 5.86. The molecule has 3 rings (SSSR count). The van der Waals surface area contributed by atoms with Crippen molar-refractivity contribution in [2.45, 2.75) is 38.0 Å². The van der Waals surface area contributed by atoms with Crippen LogP contribution in [0.2, 0.25) is 5.02 Å². The Hall–Kier alpha value is -1.50. The van der Waals surface area contributed by atoms with Crippen LogP contribution >= 0.6 is 11.6 Å². The molecule has 6 nitrogen and oxygen atoms in total. The van der Waals surface area contributed by atoms with Gasteiger partial charge in [0.25, 0.3) is 0 Å². The number of hydrogen-bond donors (Lipinski definition) is 2. The van der Waals surface area contributed by atoms with E-state index in [-0.39, 0.29) is 18.4 Å². The smallest absolute Gasteiger partial charge is 0.160 e. The monoisotopic (exact) mass is 308 g/mol. The summed E-state index contributed by atoms with van der Waals surface area (Å²) in [5.74, 6) is 0.0458. The number of carbonyl (C=O) groups is 1. The third-order valence-electron chi connectivity index (χ3n) is 3.76. The molecule has 2 atom stereocenters. The van der Waals surface area contributed by atoms with E-state index < -0.39 is 6.10 Å². The van der Waals surface area contributed by atoms with E-state index in [1.807, 2.05) is 0 Å². The number of piperidine rings is 1. The quantitative estimate of drug-likeness (QED) is 0.886. The number of fused-ring (bicyclic) bond motifs is 1. The van der Waals surface area contributed by atoms with E-state index in [1.54, 1.807) is 23.2 Å². The van der Waals surface area contributed by atoms with Gasteiger partial charge in [0.1, 0.15) is 5.52 Å². The number of ketones is 1. The van der Waals surface area contributed by atoms with Gasteiger partial charge in [0.05, 0.1) is 24.0 Å². The number of hydrogen-bond acceptors (Lipinski definition) is 5. The number of aromatic nitrogens is 3. The minimum atomic E-state index is -0.445. The molecule has 1 saturated heterocycles. The van der Waals surface area contributed by atoms with Crippen molar-refractivity contribution in [3.05, 3.63) is 23.6 Å². The van der Waals surface area contributed by atoms with Crippen LogP contribution in [0.4, 0.5) is 0 Å². The number of nitrogens with zero attached hydrogens (tertiary/aromatic N) is 3. The second-order valence-electron chi connectivity index (χ2n) is 5.38. The topological polar surface area (TPSA) is 80.0 Å². The van der Waals surface area contributed by atoms with Gasteiger partial charge in [0.2, 0.25) is 0 Å². The van der Waals surface area contributed by atoms with Gasteiger partial charge < -0.3 is 15.0 Å². The van der Waals surface area contributed by atoms with Crippen LogP contribution in [0, 0.1) is 0 Å². The predicted molar refractivity (Wildman–Crippen MR) is 79.2 cm³/mol. The van der Waals surface area contributed by atoms with Gasteiger partial charge >= 0.3 is 0 Å². The number of carbonyl (C=O) groups excluding carboxylic acids is 1. The molecule has 112 valence electrons. The van der Waals surface area contributed by atoms with Gasteiger partial charge in [-0.2, -0.15) is 0 Å². The van der Waals surface area contributed by atoms with Crippen molar-refractivity contribution in [3.63, 3.8) is 0 Å². The molecule has 0 aliphatic carbocycles. The maximum Gasteiger partial charge on any atom is 0.160 e. The SMILES string of the molecule is O=C(C[C@H]1NCCC[C@@H]1O)Cn1cnc2cc(Cl)cnc21. The van der Waals surface area contributed by atoms with Crippen molar-refractivity contribution in [3.8, 4) is 0 Å². The zero-order valence-corrected chi connectivity index (χ0v) is 12.3. The van der Waals surface area contributed by atoms with Gasteiger partial charge in [-0.1, -0.05) is 11.6 Å². The zero-order valence-electron chi connectivity index (χ0n) is 11.5. The Bertz CT molecular complexity index is 657. The highest BCUT2D eigenvalue weighted by molar-refractivity contribution is 6.31. The van der Waals surface area contributed by atoms with Crippen molar-refractivity contribution in [2.24, 2.45) is 0 Å². The van der Waals surface area contributed by atoms with Crippen LogP contribution in [0.25, 0.3) is 11.2 Å². The standard InChI is InChI=1S/C14H17ClN4O2/c15-9-4-12-14(17-6-9)19(8-18-12)7-10(20)5-11-13(21)2-1-3-16-11/h4,6,8,11,13,16,21H,1-3,5,7H2/t11-,13+/m1/s1. The normalized spacial score (nSPS) is 22.6. The first-order valence-electron chi connectivity index (χ1n) is 7.03. The average molecular weight is 309 g/mol. The summed E-state index contributed by atoms with van der Waals surface area (Å²) in [4.78, 5) is 20.6. The van der Waals surface area contributed by atoms with Crippen molar-refractivity contribution in [1.29, 1.82) is 0 Å². The van der Waals surface area contributed by atoms with E-state index in [9.17, 15) is 9.90 Å². The van der Waals surface area contributed by atoms with Gasteiger partial charge in [-0.25, -0.2) is 9.97 Å². The van der Waals surface area contributed by atoms with E-state index in [0.717, 1.165) is 19.4 Å². The molecule has 0 aromatic carbocycles. The highest BCUT2D eigenvalue weighted by Gasteiger charge is 2.25. The van der Waals surface area contributed by atoms with Crippen LogP contribution in [-0.4, -0.2) is 44.1 Å². The van der Waals surface area contributed by atoms with Crippen molar-refractivity contribution >= 4 is 28.5 Å². The molecule has 2 N–H and O–H groups in total. The molecule has 1 aliphatic heterocycles. The summed E-state index contributed by atoms with van der Waals surface area (Å²) in [6.45, 7) is 1.05. The fourth-order valence-corrected chi connectivity index (χ4v) is 2.84. The lowest BCUT2D eigenvalue weighted by Gasteiger charge is -2.28. The maximum atomic E-state index is 12.2. The van der Waals surface area contributed by atoms with Gasteiger partial charge in [0, 0.05) is 18.7 Å². The molecule has 1 fully saturated rings. The fraction of sp³-hybridized carbons (Fsp3) is 0.500. The summed E-state index contributed by atoms with van der Waals surface area (Å²) < 4.78 is 1.71. The number of pyridine rings is 1. The number of nitrogens with one attached hydrogen (secondary N) is 1. The minimum absolute atomic E-state index is 0.0458. The Balaban J connectivity index is 1.68. The Morgan fingerprint density at radius 1 is 1.52 bits per heavy atom. The lowest BCUT2D eigenvalue weighted by atomic mass is 9.97. The lowest BCUT2D eigenvalue weighted by Crippen LogP contribution is -2.46. The third kappa shape index (κ3) is 3.23. The maximum absolute atomic E-state index is 12.2. The van der Waals surface area contributed by atoms with Crippen molar-refractivity contribution < 1.29 is 9.90 Å². The van der Waals surface area contributed by atoms with Gasteiger partial charge in [-0.3, -0.25) is 4.79 Å². The first-order valence-corrected chi connectivity index (χ1v) is 7.41. The van der Waals surface area contributed by atoms with Gasteiger partial charge in [-0.05, 0) is 25.5 Å². The molecule has 0 spiro atoms. The first kappa shape index (κ1) is 14.4. The molecule has 7 heteroatoms. The van der Waals surface area contributed by atoms with E-state index >= 15 is 0 Å². The highest BCUT2D eigenvalue weighted by atomic mass is 35.5. The Labute approximate surface area is 127 Å². The molecule has 21 heavy (non-hydrogen) atoms. The van der Waals surface area contributed by atoms with E-state index in [4.69, 9.17) is 11.6 Å². The zero-order chi connectivity index (χ0) is 14.8. The number of rotatable bonds is 4. The molecule has 3 heterocycles. The number of imidazole rings is 1. The second kappa shape index (κ2) is 6.09. The molecule has 0 amide bonds. The van der Waals surface area contributed by atoms with Crippen LogP contribution in [0.5, 0.6) is 0 Å². The Kier molecular flexibility index (Phi) is 4.19. The first-order chi connectivity index (χ1) is 10.1. The Morgan fingerprint density at radius 3 is 3.19 bits per heavy atom. The van der Waals surface area contributed by atoms with E-state index in [0.29, 0.717) is 22.6 Å². The molecule has 2 aromatic rings. The van der Waals surface area contributed by atoms with Crippen molar-refractivity contribution in [2.75, 3.05) is 6.54 Å². The molecule has 2 aromatic heterocycles. The molecular formula is C14H17ClN4O2. The molecule has 0 radical (unpaired) electrons. The molecular weight excluding hydrogens is 292 g/mol. The minimum Gasteiger partial charge on any atom is -0.391 e. The van der Waals surface area contributed by atoms with Crippen LogP contribution < -0.4 is 5.32 Å². The molecule has 1 aliphatic rings. The highest BCUT2D eigenvalue weighted by Crippen LogP contribution is 2.16. The summed E-state index contributed by atoms with van der Waals surface area (Å²) in [6.07, 6.45) is 4.70. The summed E-state index contributed by atoms with van der Waals surface area (Å²) in [6, 6.07) is 1.57. The average Bonchev–Trinajstić information content (AvgIpc) is 2.83. The second-order valence-corrected chi connectivity index (χ2v) is 5.82. The van der Waals surface area contributed by atoms with Crippen LogP contribution in [0.15, 0.2) is 18.6 Å². The number of aliphatic hydroxyl groups is 1. The number of halogens is 1. The summed E-state index contributed by atoms with van der Waals surface area (Å²) in [7, 11) is 0. The number of aliphatic hydroxyl groups excluding tert-OH is 1. The predicted octanol–water partition coefficient (Wildman–Crippen LogP) is 1.16. The van der Waals surface area contributed by atoms with Crippen molar-refractivity contribution in [1.82, 2.24) is 19.9 Å². The Morgan fingerprint density at radius 2 is 2.38 bits per heavy atom. The summed E-state index contributed by atoms with van der Waals surface area (Å²) in [5, 5.41) is 13.6. The van der Waals surface area contributed by atoms with E-state index in [2.05, 4.69) is 15.3 Å². The van der Waals surface area contributed by atoms with Gasteiger partial charge in [0.15, 0.2) is 11.4 Å². The van der Waals surface area contributed by atoms with Gasteiger partial charge in [-0.15, -0.1) is 0 Å². The van der Waals surface area contributed by atoms with E-state index in [1.165, 1.54) is 0 Å². The molecule has 0 saturated carbocycles. The largest absolute Gasteiger partial charge is 0.391 e. The molecule has 0 unspecified atom stereocenters. The fourth-order valence-electron chi connectivity index (χ4n) is 2.68. The van der Waals surface area contributed by atoms with Crippen LogP contribution in [-0.2, 0) is 11.3 Å². The molecule has 0 bridgehead atoms. The van der Waals surface area contributed by atoms with Crippen LogP contribution in [0.1, 0.15) is 19.3 Å².